The van der Waals surface area contributed by atoms with Crippen molar-refractivity contribution in [3.63, 3.8) is 0 Å². The largest absolute Gasteiger partial charge is 0.489 e. The van der Waals surface area contributed by atoms with Crippen molar-refractivity contribution < 1.29 is 28.5 Å². The monoisotopic (exact) mass is 532 g/mol. The van der Waals surface area contributed by atoms with Gasteiger partial charge >= 0.3 is 11.9 Å². The molecule has 2 rings (SSSR count). The standard InChI is InChI=1S/C33H40O6/c1-9-11-25-21-27(13-15-29(25)36-17-19-38-31(34)23(3)4)33(7,8)28-14-16-30(26(22-28)12-10-2)37-18-20-39-32(35)24(5)6/h9-16,21-22H,3,5,17-20H2,1-2,4,6-8H3/b11-9-,12-10-. The average molecular weight is 533 g/mol. The van der Waals surface area contributed by atoms with E-state index < -0.39 is 11.9 Å². The normalized spacial score (nSPS) is 11.4. The third-order valence-electron chi connectivity index (χ3n) is 6.00. The van der Waals surface area contributed by atoms with Crippen molar-refractivity contribution in [1.82, 2.24) is 0 Å². The lowest BCUT2D eigenvalue weighted by atomic mass is 9.77. The Morgan fingerprint density at radius 1 is 0.718 bits per heavy atom. The fourth-order valence-corrected chi connectivity index (χ4v) is 3.74. The van der Waals surface area contributed by atoms with E-state index in [9.17, 15) is 9.59 Å². The van der Waals surface area contributed by atoms with Gasteiger partial charge in [0.25, 0.3) is 0 Å². The molecule has 0 spiro atoms. The molecule has 0 atom stereocenters. The highest BCUT2D eigenvalue weighted by molar-refractivity contribution is 5.87. The number of hydrogen-bond acceptors (Lipinski definition) is 6. The van der Waals surface area contributed by atoms with Gasteiger partial charge in [0.1, 0.15) is 37.9 Å². The molecule has 0 N–H and O–H groups in total. The number of carbonyl (C=O) groups excluding carboxylic acids is 2. The lowest BCUT2D eigenvalue weighted by Gasteiger charge is -2.28. The SMILES string of the molecule is C=C(C)C(=O)OCCOc1ccc(C(C)(C)c2ccc(OCCOC(=O)C(=C)C)c(/C=C\C)c2)cc1/C=C\C. The molecule has 0 heterocycles. The molecular weight excluding hydrogens is 492 g/mol. The van der Waals surface area contributed by atoms with Gasteiger partial charge in [0, 0.05) is 27.7 Å². The van der Waals surface area contributed by atoms with Crippen LogP contribution >= 0.6 is 0 Å². The molecular formula is C33H40O6. The van der Waals surface area contributed by atoms with Crippen molar-refractivity contribution >= 4 is 24.1 Å². The van der Waals surface area contributed by atoms with E-state index in [1.54, 1.807) is 13.8 Å². The quantitative estimate of drug-likeness (QED) is 0.147. The third kappa shape index (κ3) is 9.02. The van der Waals surface area contributed by atoms with E-state index in [4.69, 9.17) is 18.9 Å². The maximum absolute atomic E-state index is 11.6. The molecule has 6 nitrogen and oxygen atoms in total. The lowest BCUT2D eigenvalue weighted by molar-refractivity contribution is -0.140. The van der Waals surface area contributed by atoms with Crippen molar-refractivity contribution in [2.75, 3.05) is 26.4 Å². The number of allylic oxidation sites excluding steroid dienone is 2. The van der Waals surface area contributed by atoms with E-state index >= 15 is 0 Å². The van der Waals surface area contributed by atoms with Gasteiger partial charge in [0.15, 0.2) is 0 Å². The topological polar surface area (TPSA) is 71.1 Å². The van der Waals surface area contributed by atoms with Gasteiger partial charge in [-0.05, 0) is 63.1 Å². The second kappa shape index (κ2) is 14.8. The van der Waals surface area contributed by atoms with Crippen LogP contribution < -0.4 is 9.47 Å². The molecule has 0 bridgehead atoms. The molecule has 0 saturated heterocycles. The fourth-order valence-electron chi connectivity index (χ4n) is 3.74. The Bertz CT molecular complexity index is 1150. The Morgan fingerprint density at radius 2 is 1.10 bits per heavy atom. The maximum atomic E-state index is 11.6. The first-order chi connectivity index (χ1) is 18.5. The number of esters is 2. The van der Waals surface area contributed by atoms with E-state index in [0.717, 1.165) is 22.3 Å². The summed E-state index contributed by atoms with van der Waals surface area (Å²) in [6, 6.07) is 12.2. The Labute approximate surface area is 232 Å². The van der Waals surface area contributed by atoms with Crippen molar-refractivity contribution in [3.05, 3.63) is 95.1 Å². The first kappa shape index (κ1) is 31.2. The van der Waals surface area contributed by atoms with Crippen LogP contribution in [0.15, 0.2) is 72.9 Å². The van der Waals surface area contributed by atoms with E-state index in [2.05, 4.69) is 51.3 Å². The zero-order valence-corrected chi connectivity index (χ0v) is 24.0. The third-order valence-corrected chi connectivity index (χ3v) is 6.00. The van der Waals surface area contributed by atoms with Gasteiger partial charge in [-0.3, -0.25) is 0 Å². The average Bonchev–Trinajstić information content (AvgIpc) is 2.90. The fraction of sp³-hybridized carbons (Fsp3) is 0.333. The van der Waals surface area contributed by atoms with E-state index in [0.29, 0.717) is 22.6 Å². The van der Waals surface area contributed by atoms with Gasteiger partial charge in [-0.25, -0.2) is 9.59 Å². The molecule has 0 unspecified atom stereocenters. The molecule has 0 radical (unpaired) electrons. The summed E-state index contributed by atoms with van der Waals surface area (Å²) in [7, 11) is 0. The van der Waals surface area contributed by atoms with E-state index in [-0.39, 0.29) is 31.8 Å². The predicted molar refractivity (Wildman–Crippen MR) is 157 cm³/mol. The molecule has 2 aromatic rings. The number of rotatable bonds is 14. The van der Waals surface area contributed by atoms with Crippen LogP contribution in [-0.4, -0.2) is 38.4 Å². The first-order valence-electron chi connectivity index (χ1n) is 13.0. The molecule has 6 heteroatoms. The van der Waals surface area contributed by atoms with Crippen LogP contribution in [0.1, 0.15) is 63.8 Å². The predicted octanol–water partition coefficient (Wildman–Crippen LogP) is 7.07. The van der Waals surface area contributed by atoms with Crippen LogP contribution in [-0.2, 0) is 24.5 Å². The molecule has 208 valence electrons. The zero-order valence-electron chi connectivity index (χ0n) is 24.0. The molecule has 0 amide bonds. The summed E-state index contributed by atoms with van der Waals surface area (Å²) in [5, 5.41) is 0. The summed E-state index contributed by atoms with van der Waals surface area (Å²) in [6.45, 7) is 19.4. The number of hydrogen-bond donors (Lipinski definition) is 0. The van der Waals surface area contributed by atoms with Crippen LogP contribution in [0.5, 0.6) is 11.5 Å². The Kier molecular flexibility index (Phi) is 11.8. The first-order valence-corrected chi connectivity index (χ1v) is 13.0. The highest BCUT2D eigenvalue weighted by Crippen LogP contribution is 2.37. The van der Waals surface area contributed by atoms with Crippen LogP contribution in [0.4, 0.5) is 0 Å². The number of carbonyl (C=O) groups is 2. The Hall–Kier alpha value is -4.06. The second-order valence-electron chi connectivity index (χ2n) is 9.66. The van der Waals surface area contributed by atoms with Crippen LogP contribution in [0.3, 0.4) is 0 Å². The summed E-state index contributed by atoms with van der Waals surface area (Å²) in [5.41, 5.74) is 4.50. The van der Waals surface area contributed by atoms with Gasteiger partial charge in [-0.2, -0.15) is 0 Å². The van der Waals surface area contributed by atoms with Crippen LogP contribution in [0.25, 0.3) is 12.2 Å². The molecule has 0 aliphatic rings. The summed E-state index contributed by atoms with van der Waals surface area (Å²) in [4.78, 5) is 23.2. The highest BCUT2D eigenvalue weighted by Gasteiger charge is 2.25. The number of benzene rings is 2. The molecule has 39 heavy (non-hydrogen) atoms. The van der Waals surface area contributed by atoms with Gasteiger partial charge in [-0.1, -0.05) is 63.4 Å². The zero-order chi connectivity index (χ0) is 29.0. The minimum Gasteiger partial charge on any atom is -0.489 e. The Morgan fingerprint density at radius 3 is 1.44 bits per heavy atom. The summed E-state index contributed by atoms with van der Waals surface area (Å²) < 4.78 is 22.1. The van der Waals surface area contributed by atoms with Crippen molar-refractivity contribution in [2.24, 2.45) is 0 Å². The van der Waals surface area contributed by atoms with Crippen molar-refractivity contribution in [3.8, 4) is 11.5 Å². The highest BCUT2D eigenvalue weighted by atomic mass is 16.6. The number of ether oxygens (including phenoxy) is 4. The van der Waals surface area contributed by atoms with Crippen LogP contribution in [0, 0.1) is 0 Å². The van der Waals surface area contributed by atoms with E-state index in [1.165, 1.54) is 0 Å². The summed E-state index contributed by atoms with van der Waals surface area (Å²) >= 11 is 0. The Balaban J connectivity index is 2.22. The van der Waals surface area contributed by atoms with Gasteiger partial charge < -0.3 is 18.9 Å². The van der Waals surface area contributed by atoms with Crippen molar-refractivity contribution in [2.45, 2.75) is 47.0 Å². The molecule has 0 fully saturated rings. The van der Waals surface area contributed by atoms with Gasteiger partial charge in [-0.15, -0.1) is 0 Å². The lowest BCUT2D eigenvalue weighted by Crippen LogP contribution is -2.20. The summed E-state index contributed by atoms with van der Waals surface area (Å²) in [6.07, 6.45) is 7.92. The minimum atomic E-state index is -0.427. The van der Waals surface area contributed by atoms with E-state index in [1.807, 2.05) is 50.3 Å². The molecule has 0 saturated carbocycles. The molecule has 0 aliphatic heterocycles. The maximum Gasteiger partial charge on any atom is 0.333 e. The van der Waals surface area contributed by atoms with Gasteiger partial charge in [0.05, 0.1) is 0 Å². The van der Waals surface area contributed by atoms with Gasteiger partial charge in [0.2, 0.25) is 0 Å². The van der Waals surface area contributed by atoms with Crippen molar-refractivity contribution in [1.29, 1.82) is 0 Å². The molecule has 2 aromatic carbocycles. The summed E-state index contributed by atoms with van der Waals surface area (Å²) in [5.74, 6) is 0.572. The van der Waals surface area contributed by atoms with Crippen LogP contribution in [0.2, 0.25) is 0 Å². The smallest absolute Gasteiger partial charge is 0.333 e. The minimum absolute atomic E-state index is 0.146. The molecule has 0 aliphatic carbocycles. The molecule has 0 aromatic heterocycles. The second-order valence-corrected chi connectivity index (χ2v) is 9.66.